The molecular formula is C26H42O4. The maximum atomic E-state index is 11.9. The van der Waals surface area contributed by atoms with Gasteiger partial charge < -0.3 is 9.84 Å². The van der Waals surface area contributed by atoms with Crippen molar-refractivity contribution >= 4 is 11.9 Å². The Hall–Kier alpha value is -1.84. The Balaban J connectivity index is 2.12. The van der Waals surface area contributed by atoms with E-state index in [2.05, 4.69) is 31.2 Å². The standard InChI is InChI=1S/C26H42O4/c1-3-4-5-7-12-15-26(29)30-22(2)16-17-24-20-18-23(19-21-24)13-10-8-6-9-11-14-25(27)28/h18-22H,3-17H2,1-2H3,(H,27,28). The zero-order valence-corrected chi connectivity index (χ0v) is 19.2. The highest BCUT2D eigenvalue weighted by atomic mass is 16.5. The second-order valence-corrected chi connectivity index (χ2v) is 8.48. The van der Waals surface area contributed by atoms with E-state index in [0.717, 1.165) is 64.2 Å². The number of aliphatic carboxylic acids is 1. The molecular weight excluding hydrogens is 376 g/mol. The van der Waals surface area contributed by atoms with Crippen LogP contribution in [0.3, 0.4) is 0 Å². The minimum Gasteiger partial charge on any atom is -0.481 e. The maximum Gasteiger partial charge on any atom is 0.306 e. The lowest BCUT2D eigenvalue weighted by Crippen LogP contribution is -2.15. The fourth-order valence-electron chi connectivity index (χ4n) is 3.59. The van der Waals surface area contributed by atoms with Gasteiger partial charge in [0.15, 0.2) is 0 Å². The van der Waals surface area contributed by atoms with Crippen LogP contribution in [0.15, 0.2) is 24.3 Å². The van der Waals surface area contributed by atoms with Crippen LogP contribution in [0.2, 0.25) is 0 Å². The first-order valence-corrected chi connectivity index (χ1v) is 12.0. The second-order valence-electron chi connectivity index (χ2n) is 8.48. The molecule has 170 valence electrons. The van der Waals surface area contributed by atoms with Crippen LogP contribution in [-0.2, 0) is 27.2 Å². The molecule has 0 aliphatic heterocycles. The summed E-state index contributed by atoms with van der Waals surface area (Å²) in [5.74, 6) is -0.752. The van der Waals surface area contributed by atoms with Crippen molar-refractivity contribution < 1.29 is 19.4 Å². The van der Waals surface area contributed by atoms with Gasteiger partial charge in [0.2, 0.25) is 0 Å². The smallest absolute Gasteiger partial charge is 0.306 e. The highest BCUT2D eigenvalue weighted by molar-refractivity contribution is 5.69. The minimum atomic E-state index is -0.694. The molecule has 0 bridgehead atoms. The zero-order chi connectivity index (χ0) is 22.0. The van der Waals surface area contributed by atoms with Gasteiger partial charge in [0.25, 0.3) is 0 Å². The molecule has 1 atom stereocenters. The first-order chi connectivity index (χ1) is 14.5. The third-order valence-electron chi connectivity index (χ3n) is 5.54. The number of aryl methyl sites for hydroxylation is 2. The lowest BCUT2D eigenvalue weighted by Gasteiger charge is -2.13. The monoisotopic (exact) mass is 418 g/mol. The Morgan fingerprint density at radius 3 is 1.97 bits per heavy atom. The molecule has 1 aromatic carbocycles. The van der Waals surface area contributed by atoms with E-state index >= 15 is 0 Å². The summed E-state index contributed by atoms with van der Waals surface area (Å²) in [6.45, 7) is 4.18. The summed E-state index contributed by atoms with van der Waals surface area (Å²) in [5.41, 5.74) is 2.64. The Kier molecular flexibility index (Phi) is 14.8. The molecule has 0 radical (unpaired) electrons. The zero-order valence-electron chi connectivity index (χ0n) is 19.2. The summed E-state index contributed by atoms with van der Waals surface area (Å²) < 4.78 is 5.54. The van der Waals surface area contributed by atoms with Gasteiger partial charge in [-0.1, -0.05) is 76.1 Å². The van der Waals surface area contributed by atoms with E-state index in [0.29, 0.717) is 12.8 Å². The first-order valence-electron chi connectivity index (χ1n) is 12.0. The molecule has 1 rings (SSSR count). The number of carbonyl (C=O) groups is 2. The number of carbonyl (C=O) groups excluding carboxylic acids is 1. The van der Waals surface area contributed by atoms with Crippen LogP contribution in [0, 0.1) is 0 Å². The van der Waals surface area contributed by atoms with Crippen LogP contribution in [-0.4, -0.2) is 23.1 Å². The molecule has 0 heterocycles. The van der Waals surface area contributed by atoms with Gasteiger partial charge in [-0.05, 0) is 56.6 Å². The predicted octanol–water partition coefficient (Wildman–Crippen LogP) is 6.88. The van der Waals surface area contributed by atoms with Crippen LogP contribution in [0.4, 0.5) is 0 Å². The largest absolute Gasteiger partial charge is 0.481 e. The van der Waals surface area contributed by atoms with Crippen LogP contribution >= 0.6 is 0 Å². The van der Waals surface area contributed by atoms with Crippen molar-refractivity contribution in [2.45, 2.75) is 116 Å². The van der Waals surface area contributed by atoms with E-state index in [4.69, 9.17) is 9.84 Å². The van der Waals surface area contributed by atoms with Crippen LogP contribution in [0.25, 0.3) is 0 Å². The Bertz CT molecular complexity index is 579. The lowest BCUT2D eigenvalue weighted by molar-refractivity contribution is -0.148. The van der Waals surface area contributed by atoms with Crippen molar-refractivity contribution in [1.29, 1.82) is 0 Å². The van der Waals surface area contributed by atoms with Crippen LogP contribution < -0.4 is 0 Å². The summed E-state index contributed by atoms with van der Waals surface area (Å²) in [4.78, 5) is 22.4. The summed E-state index contributed by atoms with van der Waals surface area (Å²) in [6, 6.07) is 8.77. The molecule has 1 N–H and O–H groups in total. The van der Waals surface area contributed by atoms with Gasteiger partial charge in [-0.15, -0.1) is 0 Å². The van der Waals surface area contributed by atoms with E-state index in [1.807, 2.05) is 6.92 Å². The first kappa shape index (κ1) is 26.2. The summed E-state index contributed by atoms with van der Waals surface area (Å²) in [5, 5.41) is 8.63. The molecule has 1 unspecified atom stereocenters. The molecule has 4 nitrogen and oxygen atoms in total. The van der Waals surface area contributed by atoms with E-state index in [9.17, 15) is 9.59 Å². The van der Waals surface area contributed by atoms with Gasteiger partial charge in [0.05, 0.1) is 6.10 Å². The van der Waals surface area contributed by atoms with E-state index in [1.165, 1.54) is 30.4 Å². The number of benzene rings is 1. The van der Waals surface area contributed by atoms with Crippen molar-refractivity contribution in [3.05, 3.63) is 35.4 Å². The third-order valence-corrected chi connectivity index (χ3v) is 5.54. The van der Waals surface area contributed by atoms with Crippen molar-refractivity contribution in [2.24, 2.45) is 0 Å². The number of unbranched alkanes of at least 4 members (excludes halogenated alkanes) is 8. The summed E-state index contributed by atoms with van der Waals surface area (Å²) >= 11 is 0. The molecule has 0 aliphatic rings. The van der Waals surface area contributed by atoms with Crippen molar-refractivity contribution in [2.75, 3.05) is 0 Å². The van der Waals surface area contributed by atoms with E-state index < -0.39 is 5.97 Å². The number of hydrogen-bond donors (Lipinski definition) is 1. The molecule has 0 aromatic heterocycles. The van der Waals surface area contributed by atoms with Gasteiger partial charge in [0.1, 0.15) is 0 Å². The molecule has 0 fully saturated rings. The number of hydrogen-bond acceptors (Lipinski definition) is 3. The van der Waals surface area contributed by atoms with Gasteiger partial charge >= 0.3 is 11.9 Å². The van der Waals surface area contributed by atoms with Crippen molar-refractivity contribution in [1.82, 2.24) is 0 Å². The maximum absolute atomic E-state index is 11.9. The van der Waals surface area contributed by atoms with Crippen molar-refractivity contribution in [3.8, 4) is 0 Å². The highest BCUT2D eigenvalue weighted by Gasteiger charge is 2.09. The fraction of sp³-hybridized carbons (Fsp3) is 0.692. The van der Waals surface area contributed by atoms with E-state index in [1.54, 1.807) is 0 Å². The van der Waals surface area contributed by atoms with Crippen LogP contribution in [0.5, 0.6) is 0 Å². The molecule has 0 saturated heterocycles. The summed E-state index contributed by atoms with van der Waals surface area (Å²) in [6.07, 6.45) is 14.6. The van der Waals surface area contributed by atoms with Crippen LogP contribution in [0.1, 0.15) is 108 Å². The number of rotatable bonds is 18. The SMILES string of the molecule is CCCCCCCC(=O)OC(C)CCc1ccc(CCCCCCCC(=O)O)cc1. The van der Waals surface area contributed by atoms with Gasteiger partial charge in [-0.25, -0.2) is 0 Å². The predicted molar refractivity (Wildman–Crippen MR) is 123 cm³/mol. The third kappa shape index (κ3) is 14.2. The average molecular weight is 419 g/mol. The normalized spacial score (nSPS) is 11.9. The number of carboxylic acid groups (broad SMARTS) is 1. The van der Waals surface area contributed by atoms with E-state index in [-0.39, 0.29) is 12.1 Å². The molecule has 30 heavy (non-hydrogen) atoms. The van der Waals surface area contributed by atoms with Gasteiger partial charge in [-0.2, -0.15) is 0 Å². The molecule has 0 aliphatic carbocycles. The Labute approximate surface area is 183 Å². The molecule has 1 aromatic rings. The second kappa shape index (κ2) is 16.9. The molecule has 0 amide bonds. The fourth-order valence-corrected chi connectivity index (χ4v) is 3.59. The highest BCUT2D eigenvalue weighted by Crippen LogP contribution is 2.14. The number of carboxylic acids is 1. The Morgan fingerprint density at radius 2 is 1.33 bits per heavy atom. The number of esters is 1. The topological polar surface area (TPSA) is 63.6 Å². The summed E-state index contributed by atoms with van der Waals surface area (Å²) in [7, 11) is 0. The minimum absolute atomic E-state index is 0.0334. The van der Waals surface area contributed by atoms with Gasteiger partial charge in [0, 0.05) is 12.8 Å². The Morgan fingerprint density at radius 1 is 0.800 bits per heavy atom. The number of ether oxygens (including phenoxy) is 1. The molecule has 0 saturated carbocycles. The van der Waals surface area contributed by atoms with Gasteiger partial charge in [-0.3, -0.25) is 9.59 Å². The quantitative estimate of drug-likeness (QED) is 0.208. The molecule has 0 spiro atoms. The lowest BCUT2D eigenvalue weighted by atomic mass is 10.0. The van der Waals surface area contributed by atoms with Crippen molar-refractivity contribution in [3.63, 3.8) is 0 Å². The average Bonchev–Trinajstić information content (AvgIpc) is 2.72. The molecule has 4 heteroatoms.